The van der Waals surface area contributed by atoms with Crippen molar-refractivity contribution in [2.24, 2.45) is 5.73 Å². The molecule has 3 aromatic rings. The van der Waals surface area contributed by atoms with Crippen molar-refractivity contribution in [3.63, 3.8) is 0 Å². The highest BCUT2D eigenvalue weighted by Crippen LogP contribution is 2.31. The summed E-state index contributed by atoms with van der Waals surface area (Å²) in [6.07, 6.45) is 0. The van der Waals surface area contributed by atoms with Crippen molar-refractivity contribution in [2.75, 3.05) is 20.3 Å². The zero-order valence-corrected chi connectivity index (χ0v) is 14.9. The molecule has 0 bridgehead atoms. The molecule has 0 aliphatic heterocycles. The number of rotatable bonds is 8. The van der Waals surface area contributed by atoms with Crippen molar-refractivity contribution < 1.29 is 14.2 Å². The highest BCUT2D eigenvalue weighted by molar-refractivity contribution is 5.70. The normalized spacial score (nSPS) is 10.4. The van der Waals surface area contributed by atoms with E-state index in [1.54, 1.807) is 7.11 Å². The Balaban J connectivity index is 1.65. The predicted octanol–water partition coefficient (Wildman–Crippen LogP) is 4.28. The maximum atomic E-state index is 5.96. The Morgan fingerprint density at radius 2 is 1.42 bits per heavy atom. The number of nitrogens with two attached hydrogens (primary N) is 1. The molecule has 0 saturated heterocycles. The van der Waals surface area contributed by atoms with Gasteiger partial charge < -0.3 is 19.9 Å². The molecule has 4 nitrogen and oxygen atoms in total. The lowest BCUT2D eigenvalue weighted by atomic mass is 10.1. The van der Waals surface area contributed by atoms with Gasteiger partial charge in [0, 0.05) is 17.7 Å². The molecule has 0 amide bonds. The molecule has 3 rings (SSSR count). The lowest BCUT2D eigenvalue weighted by molar-refractivity contribution is 0.210. The van der Waals surface area contributed by atoms with Crippen LogP contribution in [0.25, 0.3) is 11.1 Å². The van der Waals surface area contributed by atoms with Gasteiger partial charge in [0.15, 0.2) is 11.5 Å². The monoisotopic (exact) mass is 349 g/mol. The first-order valence-corrected chi connectivity index (χ1v) is 8.59. The summed E-state index contributed by atoms with van der Waals surface area (Å²) in [5.41, 5.74) is 8.89. The van der Waals surface area contributed by atoms with Crippen LogP contribution in [0.3, 0.4) is 0 Å². The summed E-state index contributed by atoms with van der Waals surface area (Å²) in [5.74, 6) is 2.19. The number of ether oxygens (including phenoxy) is 3. The lowest BCUT2D eigenvalue weighted by Crippen LogP contribution is -2.12. The molecule has 0 unspecified atom stereocenters. The number of benzene rings is 3. The topological polar surface area (TPSA) is 53.7 Å². The maximum Gasteiger partial charge on any atom is 0.165 e. The molecule has 0 spiro atoms. The standard InChI is InChI=1S/C22H23NO3/c1-24-21-13-7-10-18(16-23)22(21)26-15-14-25-20-12-6-5-11-19(20)17-8-3-2-4-9-17/h2-13H,14-16,23H2,1H3. The average molecular weight is 349 g/mol. The van der Waals surface area contributed by atoms with Gasteiger partial charge in [-0.25, -0.2) is 0 Å². The maximum absolute atomic E-state index is 5.96. The molecule has 4 heteroatoms. The SMILES string of the molecule is COc1cccc(CN)c1OCCOc1ccccc1-c1ccccc1. The minimum Gasteiger partial charge on any atom is -0.493 e. The number of methoxy groups -OCH3 is 1. The van der Waals surface area contributed by atoms with E-state index in [1.807, 2.05) is 54.6 Å². The van der Waals surface area contributed by atoms with E-state index in [9.17, 15) is 0 Å². The molecule has 0 aliphatic carbocycles. The quantitative estimate of drug-likeness (QED) is 0.617. The zero-order valence-electron chi connectivity index (χ0n) is 14.9. The van der Waals surface area contributed by atoms with Gasteiger partial charge in [-0.3, -0.25) is 0 Å². The number of para-hydroxylation sites is 2. The van der Waals surface area contributed by atoms with Crippen LogP contribution >= 0.6 is 0 Å². The fraction of sp³-hybridized carbons (Fsp3) is 0.182. The van der Waals surface area contributed by atoms with E-state index in [0.29, 0.717) is 31.3 Å². The molecule has 0 heterocycles. The van der Waals surface area contributed by atoms with Crippen molar-refractivity contribution in [3.05, 3.63) is 78.4 Å². The van der Waals surface area contributed by atoms with E-state index < -0.39 is 0 Å². The van der Waals surface area contributed by atoms with Crippen LogP contribution in [0.5, 0.6) is 17.2 Å². The molecule has 0 atom stereocenters. The second-order valence-electron chi connectivity index (χ2n) is 5.71. The summed E-state index contributed by atoms with van der Waals surface area (Å²) < 4.78 is 17.2. The minimum atomic E-state index is 0.393. The third kappa shape index (κ3) is 4.16. The van der Waals surface area contributed by atoms with Gasteiger partial charge in [0.25, 0.3) is 0 Å². The molecular weight excluding hydrogens is 326 g/mol. The van der Waals surface area contributed by atoms with Crippen LogP contribution in [-0.4, -0.2) is 20.3 Å². The summed E-state index contributed by atoms with van der Waals surface area (Å²) in [7, 11) is 1.62. The Bertz CT molecular complexity index is 812. The third-order valence-corrected chi connectivity index (χ3v) is 4.06. The summed E-state index contributed by atoms with van der Waals surface area (Å²) >= 11 is 0. The van der Waals surface area contributed by atoms with Crippen molar-refractivity contribution in [1.29, 1.82) is 0 Å². The Morgan fingerprint density at radius 3 is 2.19 bits per heavy atom. The van der Waals surface area contributed by atoms with E-state index in [-0.39, 0.29) is 0 Å². The van der Waals surface area contributed by atoms with Gasteiger partial charge in [-0.1, -0.05) is 60.7 Å². The molecule has 134 valence electrons. The van der Waals surface area contributed by atoms with Crippen molar-refractivity contribution in [2.45, 2.75) is 6.54 Å². The van der Waals surface area contributed by atoms with Gasteiger partial charge in [0.1, 0.15) is 19.0 Å². The van der Waals surface area contributed by atoms with Gasteiger partial charge in [0.05, 0.1) is 7.11 Å². The van der Waals surface area contributed by atoms with Crippen LogP contribution in [-0.2, 0) is 6.54 Å². The van der Waals surface area contributed by atoms with E-state index >= 15 is 0 Å². The molecule has 0 saturated carbocycles. The highest BCUT2D eigenvalue weighted by atomic mass is 16.5. The van der Waals surface area contributed by atoms with Crippen LogP contribution in [0, 0.1) is 0 Å². The van der Waals surface area contributed by atoms with Gasteiger partial charge >= 0.3 is 0 Å². The van der Waals surface area contributed by atoms with E-state index in [2.05, 4.69) is 18.2 Å². The summed E-state index contributed by atoms with van der Waals surface area (Å²) in [6, 6.07) is 23.9. The largest absolute Gasteiger partial charge is 0.493 e. The van der Waals surface area contributed by atoms with Crippen molar-refractivity contribution in [1.82, 2.24) is 0 Å². The fourth-order valence-electron chi connectivity index (χ4n) is 2.79. The highest BCUT2D eigenvalue weighted by Gasteiger charge is 2.10. The van der Waals surface area contributed by atoms with Gasteiger partial charge in [-0.2, -0.15) is 0 Å². The van der Waals surface area contributed by atoms with Crippen LogP contribution in [0.15, 0.2) is 72.8 Å². The molecule has 26 heavy (non-hydrogen) atoms. The molecule has 0 aromatic heterocycles. The van der Waals surface area contributed by atoms with Gasteiger partial charge in [0.2, 0.25) is 0 Å². The summed E-state index contributed by atoms with van der Waals surface area (Å²) in [5, 5.41) is 0. The van der Waals surface area contributed by atoms with Crippen LogP contribution in [0.4, 0.5) is 0 Å². The predicted molar refractivity (Wildman–Crippen MR) is 104 cm³/mol. The molecule has 3 aromatic carbocycles. The first-order valence-electron chi connectivity index (χ1n) is 8.59. The average Bonchev–Trinajstić information content (AvgIpc) is 2.72. The summed E-state index contributed by atoms with van der Waals surface area (Å²) in [4.78, 5) is 0. The zero-order chi connectivity index (χ0) is 18.2. The van der Waals surface area contributed by atoms with E-state index in [0.717, 1.165) is 22.4 Å². The molecule has 0 radical (unpaired) electrons. The van der Waals surface area contributed by atoms with Crippen molar-refractivity contribution in [3.8, 4) is 28.4 Å². The fourth-order valence-corrected chi connectivity index (χ4v) is 2.79. The smallest absolute Gasteiger partial charge is 0.165 e. The minimum absolute atomic E-state index is 0.393. The number of hydrogen-bond donors (Lipinski definition) is 1. The van der Waals surface area contributed by atoms with Crippen molar-refractivity contribution >= 4 is 0 Å². The second kappa shape index (κ2) is 8.92. The van der Waals surface area contributed by atoms with Crippen LogP contribution < -0.4 is 19.9 Å². The third-order valence-electron chi connectivity index (χ3n) is 4.06. The van der Waals surface area contributed by atoms with Gasteiger partial charge in [-0.05, 0) is 17.7 Å². The Labute approximate surface area is 154 Å². The Kier molecular flexibility index (Phi) is 6.12. The van der Waals surface area contributed by atoms with Crippen LogP contribution in [0.1, 0.15) is 5.56 Å². The first-order chi connectivity index (χ1) is 12.8. The summed E-state index contributed by atoms with van der Waals surface area (Å²) in [6.45, 7) is 1.21. The number of hydrogen-bond acceptors (Lipinski definition) is 4. The molecular formula is C22H23NO3. The molecule has 0 aliphatic rings. The molecule has 2 N–H and O–H groups in total. The Hall–Kier alpha value is -2.98. The van der Waals surface area contributed by atoms with Crippen LogP contribution in [0.2, 0.25) is 0 Å². The van der Waals surface area contributed by atoms with Gasteiger partial charge in [-0.15, -0.1) is 0 Å². The Morgan fingerprint density at radius 1 is 0.731 bits per heavy atom. The molecule has 0 fully saturated rings. The van der Waals surface area contributed by atoms with E-state index in [1.165, 1.54) is 0 Å². The first kappa shape index (κ1) is 17.8. The second-order valence-corrected chi connectivity index (χ2v) is 5.71. The lowest BCUT2D eigenvalue weighted by Gasteiger charge is -2.15. The van der Waals surface area contributed by atoms with E-state index in [4.69, 9.17) is 19.9 Å².